The van der Waals surface area contributed by atoms with Gasteiger partial charge in [0.05, 0.1) is 11.9 Å². The van der Waals surface area contributed by atoms with Crippen molar-refractivity contribution in [3.63, 3.8) is 0 Å². The van der Waals surface area contributed by atoms with E-state index in [1.165, 1.54) is 0 Å². The molecule has 0 saturated heterocycles. The summed E-state index contributed by atoms with van der Waals surface area (Å²) in [4.78, 5) is 19.4. The molecular weight excluding hydrogens is 164 g/mol. The molecule has 0 bridgehead atoms. The number of carboxylic acid groups (broad SMARTS) is 2. The van der Waals surface area contributed by atoms with Crippen LogP contribution in [0.2, 0.25) is 0 Å². The number of rotatable bonds is 2. The molecule has 0 heterocycles. The molecule has 0 atom stereocenters. The second kappa shape index (κ2) is 5.70. The predicted molar refractivity (Wildman–Crippen MR) is 29.5 cm³/mol. The van der Waals surface area contributed by atoms with E-state index >= 15 is 0 Å². The van der Waals surface area contributed by atoms with Gasteiger partial charge in [0.2, 0.25) is 0 Å². The van der Waals surface area contributed by atoms with Crippen LogP contribution in [0.1, 0.15) is 6.92 Å². The minimum absolute atomic E-state index is 0. The topological polar surface area (TPSA) is 80.3 Å². The summed E-state index contributed by atoms with van der Waals surface area (Å²) in [6, 6.07) is 0. The van der Waals surface area contributed by atoms with Gasteiger partial charge in [-0.2, -0.15) is 0 Å². The van der Waals surface area contributed by atoms with Crippen LogP contribution in [0.5, 0.6) is 0 Å². The van der Waals surface area contributed by atoms with E-state index < -0.39 is 11.9 Å². The average molecular weight is 168 g/mol. The largest absolute Gasteiger partial charge is 2.00 e. The van der Waals surface area contributed by atoms with Gasteiger partial charge in [0.25, 0.3) is 0 Å². The molecule has 4 nitrogen and oxygen atoms in total. The summed E-state index contributed by atoms with van der Waals surface area (Å²) >= 11 is 0. The van der Waals surface area contributed by atoms with Crippen molar-refractivity contribution < 1.29 is 19.8 Å². The normalized spacial score (nSPS) is 9.90. The van der Waals surface area contributed by atoms with Crippen molar-refractivity contribution in [2.24, 2.45) is 0 Å². The maximum Gasteiger partial charge on any atom is 2.00 e. The zero-order valence-corrected chi connectivity index (χ0v) is 7.63. The van der Waals surface area contributed by atoms with Crippen molar-refractivity contribution in [2.45, 2.75) is 6.92 Å². The second-order valence-electron chi connectivity index (χ2n) is 1.43. The van der Waals surface area contributed by atoms with Crippen molar-refractivity contribution in [1.29, 1.82) is 0 Å². The first kappa shape index (κ1) is 12.6. The Kier molecular flexibility index (Phi) is 7.19. The van der Waals surface area contributed by atoms with E-state index in [-0.39, 0.29) is 43.3 Å². The molecule has 0 rings (SSSR count). The molecule has 0 N–H and O–H groups in total. The molecule has 0 aliphatic rings. The molecule has 0 amide bonds. The molecule has 0 radical (unpaired) electrons. The van der Waals surface area contributed by atoms with Crippen LogP contribution in [0.3, 0.4) is 0 Å². The first-order valence-electron chi connectivity index (χ1n) is 2.14. The molecule has 0 fully saturated rings. The summed E-state index contributed by atoms with van der Waals surface area (Å²) in [5.74, 6) is -3.03. The summed E-state index contributed by atoms with van der Waals surface area (Å²) in [6.07, 6.45) is 0.468. The van der Waals surface area contributed by atoms with Crippen molar-refractivity contribution in [3.05, 3.63) is 11.6 Å². The van der Waals surface area contributed by atoms with Crippen molar-refractivity contribution >= 4 is 49.7 Å². The van der Waals surface area contributed by atoms with Gasteiger partial charge in [0.1, 0.15) is 0 Å². The summed E-state index contributed by atoms with van der Waals surface area (Å²) in [7, 11) is 0. The molecular formula is C5H4CaO4. The number of hydrogen-bond acceptors (Lipinski definition) is 4. The van der Waals surface area contributed by atoms with Crippen LogP contribution in [0.25, 0.3) is 0 Å². The standard InChI is InChI=1S/C5H6O4.Ca/c1-3(5(8)9)2-4(6)7;/h2H,1H3,(H,6,7)(H,8,9);/q;+2/p-2/b3-2-;. The third-order valence-corrected chi connectivity index (χ3v) is 0.656. The monoisotopic (exact) mass is 168 g/mol. The third kappa shape index (κ3) is 6.07. The Morgan fingerprint density at radius 2 is 1.70 bits per heavy atom. The minimum Gasteiger partial charge on any atom is -0.545 e. The van der Waals surface area contributed by atoms with Crippen LogP contribution in [0.4, 0.5) is 0 Å². The smallest absolute Gasteiger partial charge is 0.545 e. The number of carboxylic acids is 2. The van der Waals surface area contributed by atoms with Crippen molar-refractivity contribution in [3.8, 4) is 0 Å². The Hall–Kier alpha value is -0.0603. The molecule has 50 valence electrons. The number of aliphatic carboxylic acids is 2. The van der Waals surface area contributed by atoms with Crippen molar-refractivity contribution in [1.82, 2.24) is 0 Å². The first-order chi connectivity index (χ1) is 4.04. The van der Waals surface area contributed by atoms with E-state index in [1.54, 1.807) is 0 Å². The van der Waals surface area contributed by atoms with E-state index in [9.17, 15) is 19.8 Å². The maximum atomic E-state index is 9.76. The third-order valence-electron chi connectivity index (χ3n) is 0.656. The second-order valence-corrected chi connectivity index (χ2v) is 1.43. The fraction of sp³-hybridized carbons (Fsp3) is 0.200. The molecule has 0 unspecified atom stereocenters. The first-order valence-corrected chi connectivity index (χ1v) is 2.14. The Morgan fingerprint density at radius 3 is 1.80 bits per heavy atom. The van der Waals surface area contributed by atoms with Crippen LogP contribution in [0.15, 0.2) is 11.6 Å². The molecule has 0 aliphatic carbocycles. The van der Waals surface area contributed by atoms with E-state index in [0.29, 0.717) is 6.08 Å². The number of carbonyl (C=O) groups excluding carboxylic acids is 2. The van der Waals surface area contributed by atoms with E-state index in [1.807, 2.05) is 0 Å². The van der Waals surface area contributed by atoms with Crippen LogP contribution < -0.4 is 10.2 Å². The van der Waals surface area contributed by atoms with Gasteiger partial charge in [-0.25, -0.2) is 0 Å². The Labute approximate surface area is 87.5 Å². The van der Waals surface area contributed by atoms with Crippen LogP contribution in [-0.2, 0) is 9.59 Å². The molecule has 0 aromatic heterocycles. The summed E-state index contributed by atoms with van der Waals surface area (Å²) in [6.45, 7) is 1.12. The number of carbonyl (C=O) groups is 2. The van der Waals surface area contributed by atoms with E-state index in [2.05, 4.69) is 0 Å². The molecule has 0 aromatic carbocycles. The fourth-order valence-electron chi connectivity index (χ4n) is 0.236. The van der Waals surface area contributed by atoms with Gasteiger partial charge in [-0.1, -0.05) is 0 Å². The Morgan fingerprint density at radius 1 is 1.30 bits per heavy atom. The van der Waals surface area contributed by atoms with Crippen molar-refractivity contribution in [2.75, 3.05) is 0 Å². The zero-order valence-electron chi connectivity index (χ0n) is 5.42. The molecule has 0 saturated carbocycles. The SMILES string of the molecule is C/C(=C/C(=O)[O-])C(=O)[O-].[Ca+2]. The molecule has 10 heavy (non-hydrogen) atoms. The van der Waals surface area contributed by atoms with Gasteiger partial charge in [-0.3, -0.25) is 0 Å². The summed E-state index contributed by atoms with van der Waals surface area (Å²) in [5.41, 5.74) is -0.352. The molecule has 0 aromatic rings. The predicted octanol–water partition coefficient (Wildman–Crippen LogP) is -2.95. The van der Waals surface area contributed by atoms with Crippen LogP contribution >= 0.6 is 0 Å². The minimum atomic E-state index is -1.53. The Balaban J connectivity index is 0. The average Bonchev–Trinajstić information content (AvgIpc) is 1.63. The van der Waals surface area contributed by atoms with E-state index in [0.717, 1.165) is 6.92 Å². The van der Waals surface area contributed by atoms with Gasteiger partial charge >= 0.3 is 37.7 Å². The Bertz CT molecular complexity index is 172. The zero-order chi connectivity index (χ0) is 7.44. The maximum absolute atomic E-state index is 9.76. The summed E-state index contributed by atoms with van der Waals surface area (Å²) in [5, 5.41) is 19.4. The van der Waals surface area contributed by atoms with Crippen LogP contribution in [0, 0.1) is 0 Å². The molecule has 0 spiro atoms. The van der Waals surface area contributed by atoms with Gasteiger partial charge in [-0.05, 0) is 18.6 Å². The van der Waals surface area contributed by atoms with Gasteiger partial charge in [-0.15, -0.1) is 0 Å². The van der Waals surface area contributed by atoms with E-state index in [4.69, 9.17) is 0 Å². The fourth-order valence-corrected chi connectivity index (χ4v) is 0.236. The summed E-state index contributed by atoms with van der Waals surface area (Å²) < 4.78 is 0. The van der Waals surface area contributed by atoms with Gasteiger partial charge in [0, 0.05) is 0 Å². The van der Waals surface area contributed by atoms with Gasteiger partial charge < -0.3 is 19.8 Å². The van der Waals surface area contributed by atoms with Gasteiger partial charge in [0.15, 0.2) is 0 Å². The molecule has 5 heteroatoms. The van der Waals surface area contributed by atoms with Crippen LogP contribution in [-0.4, -0.2) is 49.7 Å². The quantitative estimate of drug-likeness (QED) is 0.326. The molecule has 0 aliphatic heterocycles. The number of hydrogen-bond donors (Lipinski definition) is 0.